The van der Waals surface area contributed by atoms with Gasteiger partial charge in [-0.05, 0) is 16.8 Å². The van der Waals surface area contributed by atoms with E-state index < -0.39 is 4.92 Å². The molecule has 2 aromatic rings. The third-order valence-electron chi connectivity index (χ3n) is 1.74. The third kappa shape index (κ3) is 3.67. The minimum Gasteiger partial charge on any atom is -0.265 e. The first-order valence-electron chi connectivity index (χ1n) is 4.32. The van der Waals surface area contributed by atoms with E-state index in [1.807, 2.05) is 12.1 Å². The smallest absolute Gasteiger partial charge is 0.194 e. The second-order valence-corrected chi connectivity index (χ2v) is 3.75. The molecular weight excluding hydrogens is 258 g/mol. The average Bonchev–Trinajstić information content (AvgIpc) is 2.18. The first kappa shape index (κ1) is 11.7. The summed E-state index contributed by atoms with van der Waals surface area (Å²) < 4.78 is 1.16. The Hall–Kier alpha value is -1.42. The largest absolute Gasteiger partial charge is 0.265 e. The predicted octanol–water partition coefficient (Wildman–Crippen LogP) is 3.50. The highest BCUT2D eigenvalue weighted by atomic mass is 79.9. The molecule has 2 rings (SSSR count). The molecule has 0 heterocycles. The van der Waals surface area contributed by atoms with Gasteiger partial charge >= 0.3 is 0 Å². The summed E-state index contributed by atoms with van der Waals surface area (Å²) in [6, 6.07) is 14.5. The van der Waals surface area contributed by atoms with Gasteiger partial charge in [-0.1, -0.05) is 52.3 Å². The topological polar surface area (TPSA) is 43.1 Å². The van der Waals surface area contributed by atoms with Gasteiger partial charge in [-0.2, -0.15) is 0 Å². The molecule has 78 valence electrons. The van der Waals surface area contributed by atoms with Crippen molar-refractivity contribution in [1.29, 1.82) is 0 Å². The van der Waals surface area contributed by atoms with Crippen molar-refractivity contribution < 1.29 is 4.92 Å². The standard InChI is InChI=1S/C10H7Br.CH3NO2/c11-10-7-3-5-8-4-1-2-6-9(8)10;1-2(3)4/h1-7H;1H3. The lowest BCUT2D eigenvalue weighted by Crippen LogP contribution is -1.79. The molecule has 0 spiro atoms. The van der Waals surface area contributed by atoms with Crippen molar-refractivity contribution in [3.63, 3.8) is 0 Å². The number of hydrogen-bond donors (Lipinski definition) is 0. The van der Waals surface area contributed by atoms with Crippen LogP contribution in [0.25, 0.3) is 10.8 Å². The Kier molecular flexibility index (Phi) is 4.24. The highest BCUT2D eigenvalue weighted by Crippen LogP contribution is 2.22. The van der Waals surface area contributed by atoms with E-state index >= 15 is 0 Å². The Labute approximate surface area is 96.0 Å². The van der Waals surface area contributed by atoms with Gasteiger partial charge in [-0.3, -0.25) is 10.1 Å². The summed E-state index contributed by atoms with van der Waals surface area (Å²) in [7, 11) is 0.889. The molecule has 0 bridgehead atoms. The van der Waals surface area contributed by atoms with Crippen LogP contribution < -0.4 is 0 Å². The molecule has 4 heteroatoms. The molecule has 0 aliphatic rings. The number of hydrogen-bond acceptors (Lipinski definition) is 2. The van der Waals surface area contributed by atoms with E-state index in [1.54, 1.807) is 0 Å². The van der Waals surface area contributed by atoms with Crippen LogP contribution in [-0.4, -0.2) is 12.0 Å². The lowest BCUT2D eigenvalue weighted by molar-refractivity contribution is -0.445. The summed E-state index contributed by atoms with van der Waals surface area (Å²) in [5.74, 6) is 0. The molecule has 0 saturated heterocycles. The zero-order valence-corrected chi connectivity index (χ0v) is 9.77. The maximum atomic E-state index is 8.81. The number of halogens is 1. The molecule has 0 saturated carbocycles. The second kappa shape index (κ2) is 5.46. The Morgan fingerprint density at radius 3 is 2.27 bits per heavy atom. The van der Waals surface area contributed by atoms with Crippen LogP contribution in [0.15, 0.2) is 46.9 Å². The maximum absolute atomic E-state index is 8.81. The molecule has 15 heavy (non-hydrogen) atoms. The Balaban J connectivity index is 0.000000245. The molecule has 2 aromatic carbocycles. The van der Waals surface area contributed by atoms with E-state index in [0.717, 1.165) is 11.5 Å². The molecular formula is C11H10BrNO2. The van der Waals surface area contributed by atoms with Crippen LogP contribution in [0.2, 0.25) is 0 Å². The van der Waals surface area contributed by atoms with E-state index in [1.165, 1.54) is 10.8 Å². The van der Waals surface area contributed by atoms with Crippen LogP contribution in [-0.2, 0) is 0 Å². The zero-order chi connectivity index (χ0) is 11.3. The molecule has 0 aromatic heterocycles. The fourth-order valence-corrected chi connectivity index (χ4v) is 1.70. The molecule has 0 aliphatic heterocycles. The van der Waals surface area contributed by atoms with E-state index in [0.29, 0.717) is 0 Å². The van der Waals surface area contributed by atoms with Gasteiger partial charge in [0.05, 0.1) is 0 Å². The normalized spacial score (nSPS) is 9.20. The Morgan fingerprint density at radius 1 is 1.13 bits per heavy atom. The van der Waals surface area contributed by atoms with Crippen molar-refractivity contribution >= 4 is 26.7 Å². The third-order valence-corrected chi connectivity index (χ3v) is 2.43. The van der Waals surface area contributed by atoms with Crippen LogP contribution in [0.1, 0.15) is 0 Å². The molecule has 0 unspecified atom stereocenters. The summed E-state index contributed by atoms with van der Waals surface area (Å²) in [6.07, 6.45) is 0. The second-order valence-electron chi connectivity index (χ2n) is 2.90. The fourth-order valence-electron chi connectivity index (χ4n) is 1.19. The van der Waals surface area contributed by atoms with E-state index in [4.69, 9.17) is 10.1 Å². The summed E-state index contributed by atoms with van der Waals surface area (Å²) in [5.41, 5.74) is 0. The van der Waals surface area contributed by atoms with Crippen molar-refractivity contribution in [1.82, 2.24) is 0 Å². The van der Waals surface area contributed by atoms with E-state index in [-0.39, 0.29) is 0 Å². The van der Waals surface area contributed by atoms with Gasteiger partial charge < -0.3 is 0 Å². The van der Waals surface area contributed by atoms with E-state index in [2.05, 4.69) is 46.3 Å². The summed E-state index contributed by atoms with van der Waals surface area (Å²) in [5, 5.41) is 11.4. The fraction of sp³-hybridized carbons (Fsp3) is 0.0909. The molecule has 0 aliphatic carbocycles. The summed E-state index contributed by atoms with van der Waals surface area (Å²) >= 11 is 3.50. The molecule has 0 radical (unpaired) electrons. The highest BCUT2D eigenvalue weighted by Gasteiger charge is 1.93. The Bertz CT molecular complexity index is 462. The average molecular weight is 268 g/mol. The van der Waals surface area contributed by atoms with Gasteiger partial charge in [0.1, 0.15) is 0 Å². The minimum atomic E-state index is -0.500. The maximum Gasteiger partial charge on any atom is 0.194 e. The lowest BCUT2D eigenvalue weighted by atomic mass is 10.1. The first-order chi connectivity index (χ1) is 7.11. The Morgan fingerprint density at radius 2 is 1.67 bits per heavy atom. The summed E-state index contributed by atoms with van der Waals surface area (Å²) in [6.45, 7) is 0. The van der Waals surface area contributed by atoms with Crippen molar-refractivity contribution in [2.45, 2.75) is 0 Å². The molecule has 0 N–H and O–H groups in total. The quantitative estimate of drug-likeness (QED) is 0.542. The first-order valence-corrected chi connectivity index (χ1v) is 5.12. The van der Waals surface area contributed by atoms with Crippen LogP contribution >= 0.6 is 15.9 Å². The van der Waals surface area contributed by atoms with Gasteiger partial charge in [-0.15, -0.1) is 0 Å². The van der Waals surface area contributed by atoms with Crippen molar-refractivity contribution in [2.75, 3.05) is 7.05 Å². The molecule has 0 amide bonds. The van der Waals surface area contributed by atoms with Gasteiger partial charge in [0.2, 0.25) is 0 Å². The molecule has 0 atom stereocenters. The van der Waals surface area contributed by atoms with Crippen LogP contribution in [0.4, 0.5) is 0 Å². The minimum absolute atomic E-state index is 0.500. The highest BCUT2D eigenvalue weighted by molar-refractivity contribution is 9.10. The van der Waals surface area contributed by atoms with Gasteiger partial charge in [0.15, 0.2) is 7.05 Å². The van der Waals surface area contributed by atoms with Crippen molar-refractivity contribution in [2.24, 2.45) is 0 Å². The number of benzene rings is 2. The lowest BCUT2D eigenvalue weighted by Gasteiger charge is -1.97. The zero-order valence-electron chi connectivity index (χ0n) is 8.18. The number of fused-ring (bicyclic) bond motifs is 1. The molecule has 0 fully saturated rings. The number of nitrogens with zero attached hydrogens (tertiary/aromatic N) is 1. The summed E-state index contributed by atoms with van der Waals surface area (Å²) in [4.78, 5) is 8.31. The predicted molar refractivity (Wildman–Crippen MR) is 64.6 cm³/mol. The number of rotatable bonds is 0. The van der Waals surface area contributed by atoms with Gasteiger partial charge in [0.25, 0.3) is 0 Å². The van der Waals surface area contributed by atoms with Crippen molar-refractivity contribution in [3.05, 3.63) is 57.1 Å². The van der Waals surface area contributed by atoms with Crippen LogP contribution in [0.5, 0.6) is 0 Å². The van der Waals surface area contributed by atoms with Crippen LogP contribution in [0, 0.1) is 10.1 Å². The molecule has 3 nitrogen and oxygen atoms in total. The van der Waals surface area contributed by atoms with Gasteiger partial charge in [-0.25, -0.2) is 0 Å². The SMILES string of the molecule is Brc1cccc2ccccc12.C[N+](=O)[O-]. The van der Waals surface area contributed by atoms with E-state index in [9.17, 15) is 0 Å². The van der Waals surface area contributed by atoms with Crippen molar-refractivity contribution in [3.8, 4) is 0 Å². The van der Waals surface area contributed by atoms with Gasteiger partial charge in [0, 0.05) is 9.40 Å². The number of nitro groups is 1. The monoisotopic (exact) mass is 267 g/mol. The van der Waals surface area contributed by atoms with Crippen LogP contribution in [0.3, 0.4) is 0 Å².